The van der Waals surface area contributed by atoms with Crippen LogP contribution in [0.5, 0.6) is 0 Å². The van der Waals surface area contributed by atoms with E-state index in [1.807, 2.05) is 73.7 Å². The number of ether oxygens (including phenoxy) is 1. The maximum absolute atomic E-state index is 12.5. The van der Waals surface area contributed by atoms with Gasteiger partial charge in [0.2, 0.25) is 0 Å². The van der Waals surface area contributed by atoms with Gasteiger partial charge in [0.1, 0.15) is 23.5 Å². The van der Waals surface area contributed by atoms with E-state index in [0.717, 1.165) is 40.7 Å². The predicted molar refractivity (Wildman–Crippen MR) is 167 cm³/mol. The Morgan fingerprint density at radius 3 is 2.07 bits per heavy atom. The molecule has 7 N–H and O–H groups in total. The van der Waals surface area contributed by atoms with E-state index in [4.69, 9.17) is 30.9 Å². The van der Waals surface area contributed by atoms with Crippen molar-refractivity contribution in [1.82, 2.24) is 5.16 Å². The molecular weight excluding hydrogens is 564 g/mol. The van der Waals surface area contributed by atoms with E-state index in [9.17, 15) is 14.4 Å². The van der Waals surface area contributed by atoms with Gasteiger partial charge in [-0.25, -0.2) is 4.79 Å². The van der Waals surface area contributed by atoms with Crippen LogP contribution in [-0.4, -0.2) is 46.0 Å². The molecular formula is C33H38N4O7. The van der Waals surface area contributed by atoms with E-state index < -0.39 is 30.2 Å². The number of carboxylic acid groups (broad SMARTS) is 2. The molecule has 1 amide bonds. The molecule has 0 aliphatic rings. The van der Waals surface area contributed by atoms with Gasteiger partial charge in [-0.15, -0.1) is 0 Å². The van der Waals surface area contributed by atoms with Gasteiger partial charge in [0.05, 0.1) is 6.42 Å². The molecule has 0 fully saturated rings. The van der Waals surface area contributed by atoms with Crippen LogP contribution >= 0.6 is 0 Å². The van der Waals surface area contributed by atoms with Crippen molar-refractivity contribution in [3.8, 4) is 22.5 Å². The van der Waals surface area contributed by atoms with E-state index in [1.54, 1.807) is 19.1 Å². The lowest BCUT2D eigenvalue weighted by Gasteiger charge is -2.14. The quantitative estimate of drug-likeness (QED) is 0.124. The topological polar surface area (TPSA) is 191 Å². The molecule has 1 heterocycles. The summed E-state index contributed by atoms with van der Waals surface area (Å²) in [7, 11) is 0. The Labute approximate surface area is 255 Å². The lowest BCUT2D eigenvalue weighted by atomic mass is 10.0. The minimum absolute atomic E-state index is 0.00754. The first-order valence-electron chi connectivity index (χ1n) is 14.2. The van der Waals surface area contributed by atoms with E-state index in [2.05, 4.69) is 10.5 Å². The Morgan fingerprint density at radius 2 is 1.50 bits per heavy atom. The minimum Gasteiger partial charge on any atom is -0.481 e. The summed E-state index contributed by atoms with van der Waals surface area (Å²) in [6.07, 6.45) is 1.15. The Balaban J connectivity index is 0.000000456. The molecule has 3 aromatic carbocycles. The Bertz CT molecular complexity index is 1500. The number of unbranched alkanes of at least 4 members (excludes halogenated alkanes) is 1. The summed E-state index contributed by atoms with van der Waals surface area (Å²) in [5, 5.41) is 24.0. The van der Waals surface area contributed by atoms with Gasteiger partial charge in [0.15, 0.2) is 5.76 Å². The molecule has 0 aliphatic carbocycles. The summed E-state index contributed by atoms with van der Waals surface area (Å²) < 4.78 is 11.0. The number of benzene rings is 3. The number of aromatic nitrogens is 1. The van der Waals surface area contributed by atoms with Gasteiger partial charge in [0.25, 0.3) is 0 Å². The summed E-state index contributed by atoms with van der Waals surface area (Å²) in [5.41, 5.74) is 15.7. The van der Waals surface area contributed by atoms with Gasteiger partial charge < -0.3 is 30.9 Å². The zero-order valence-electron chi connectivity index (χ0n) is 24.7. The van der Waals surface area contributed by atoms with Crippen LogP contribution in [0.25, 0.3) is 22.5 Å². The smallest absolute Gasteiger partial charge is 0.412 e. The number of carboxylic acids is 2. The second-order valence-electron chi connectivity index (χ2n) is 10.1. The third-order valence-corrected chi connectivity index (χ3v) is 6.72. The predicted octanol–water partition coefficient (Wildman–Crippen LogP) is 5.78. The van der Waals surface area contributed by atoms with Gasteiger partial charge in [-0.3, -0.25) is 14.9 Å². The maximum Gasteiger partial charge on any atom is 0.412 e. The molecule has 4 rings (SSSR count). The summed E-state index contributed by atoms with van der Waals surface area (Å²) in [6, 6.07) is 23.8. The number of aliphatic carboxylic acids is 2. The highest BCUT2D eigenvalue weighted by Crippen LogP contribution is 2.33. The van der Waals surface area contributed by atoms with E-state index >= 15 is 0 Å². The van der Waals surface area contributed by atoms with Crippen molar-refractivity contribution in [2.75, 3.05) is 11.9 Å². The van der Waals surface area contributed by atoms with Crippen molar-refractivity contribution in [3.05, 3.63) is 95.7 Å². The number of amides is 1. The molecule has 11 nitrogen and oxygen atoms in total. The number of anilines is 1. The van der Waals surface area contributed by atoms with E-state index in [1.165, 1.54) is 0 Å². The number of carbonyl (C=O) groups excluding carboxylic acids is 1. The molecule has 0 saturated heterocycles. The Morgan fingerprint density at radius 1 is 0.909 bits per heavy atom. The molecule has 4 aromatic rings. The molecule has 44 heavy (non-hydrogen) atoms. The zero-order chi connectivity index (χ0) is 32.1. The number of hydrogen-bond donors (Lipinski definition) is 5. The van der Waals surface area contributed by atoms with Crippen LogP contribution in [0.2, 0.25) is 0 Å². The highest BCUT2D eigenvalue weighted by molar-refractivity contribution is 5.91. The SMILES string of the molecule is Cc1noc(-c2ccc(-c3ccc(CC(=O)O)cc3)cc2)c1NC(=O)O[C@H](C)c1ccccc1.NCCCC[C@H](N)C(=O)O. The highest BCUT2D eigenvalue weighted by Gasteiger charge is 2.20. The standard InChI is InChI=1S/C27H24N2O5.C6H14N2O2/c1-17-25(28-27(32)33-18(2)20-6-4-3-5-7-20)26(34-29-17)23-14-12-22(13-15-23)21-10-8-19(9-11-21)16-24(30)31;7-4-2-1-3-5(8)6(9)10/h3-15,18H,16H2,1-2H3,(H,28,32)(H,30,31);5H,1-4,7-8H2,(H,9,10)/t18-;5-/m10/s1. The molecule has 1 aromatic heterocycles. The van der Waals surface area contributed by atoms with Crippen LogP contribution in [0.1, 0.15) is 49.1 Å². The van der Waals surface area contributed by atoms with Gasteiger partial charge in [-0.05, 0) is 55.5 Å². The maximum atomic E-state index is 12.5. The summed E-state index contributed by atoms with van der Waals surface area (Å²) in [4.78, 5) is 33.5. The van der Waals surface area contributed by atoms with Crippen LogP contribution in [0.4, 0.5) is 10.5 Å². The molecule has 11 heteroatoms. The fourth-order valence-electron chi connectivity index (χ4n) is 4.23. The largest absolute Gasteiger partial charge is 0.481 e. The highest BCUT2D eigenvalue weighted by atomic mass is 16.6. The van der Waals surface area contributed by atoms with Crippen molar-refractivity contribution < 1.29 is 33.9 Å². The van der Waals surface area contributed by atoms with Crippen LogP contribution in [-0.2, 0) is 20.7 Å². The second-order valence-corrected chi connectivity index (χ2v) is 10.1. The van der Waals surface area contributed by atoms with Crippen molar-refractivity contribution in [2.45, 2.75) is 51.7 Å². The first kappa shape index (κ1) is 33.5. The first-order valence-corrected chi connectivity index (χ1v) is 14.2. The minimum atomic E-state index is -0.933. The zero-order valence-corrected chi connectivity index (χ0v) is 24.7. The molecule has 0 unspecified atom stereocenters. The third-order valence-electron chi connectivity index (χ3n) is 6.72. The number of aryl methyl sites for hydroxylation is 1. The molecule has 2 atom stereocenters. The fourth-order valence-corrected chi connectivity index (χ4v) is 4.23. The van der Waals surface area contributed by atoms with Gasteiger partial charge in [0, 0.05) is 5.56 Å². The summed E-state index contributed by atoms with van der Waals surface area (Å²) in [6.45, 7) is 4.16. The summed E-state index contributed by atoms with van der Waals surface area (Å²) >= 11 is 0. The van der Waals surface area contributed by atoms with Crippen molar-refractivity contribution >= 4 is 23.7 Å². The van der Waals surface area contributed by atoms with E-state index in [0.29, 0.717) is 30.1 Å². The molecule has 232 valence electrons. The second kappa shape index (κ2) is 16.6. The van der Waals surface area contributed by atoms with Crippen LogP contribution in [0.3, 0.4) is 0 Å². The molecule has 0 aliphatic heterocycles. The van der Waals surface area contributed by atoms with Gasteiger partial charge in [-0.1, -0.05) is 90.4 Å². The van der Waals surface area contributed by atoms with Crippen LogP contribution in [0, 0.1) is 6.92 Å². The molecule has 0 bridgehead atoms. The number of hydrogen-bond acceptors (Lipinski definition) is 8. The third kappa shape index (κ3) is 10.1. The van der Waals surface area contributed by atoms with Crippen molar-refractivity contribution in [2.24, 2.45) is 11.5 Å². The Hall–Kier alpha value is -5.00. The lowest BCUT2D eigenvalue weighted by molar-refractivity contribution is -0.139. The first-order chi connectivity index (χ1) is 21.1. The number of nitrogens with one attached hydrogen (secondary N) is 1. The number of nitrogens with two attached hydrogens (primary N) is 2. The number of nitrogens with zero attached hydrogens (tertiary/aromatic N) is 1. The summed E-state index contributed by atoms with van der Waals surface area (Å²) in [5.74, 6) is -1.36. The molecule has 0 spiro atoms. The van der Waals surface area contributed by atoms with Gasteiger partial charge in [-0.2, -0.15) is 0 Å². The Kier molecular flexibility index (Phi) is 12.6. The monoisotopic (exact) mass is 602 g/mol. The molecule has 0 saturated carbocycles. The van der Waals surface area contributed by atoms with Crippen molar-refractivity contribution in [1.29, 1.82) is 0 Å². The average molecular weight is 603 g/mol. The number of carbonyl (C=O) groups is 3. The fraction of sp³-hybridized carbons (Fsp3) is 0.273. The molecule has 0 radical (unpaired) electrons. The van der Waals surface area contributed by atoms with Gasteiger partial charge >= 0.3 is 18.0 Å². The van der Waals surface area contributed by atoms with Crippen molar-refractivity contribution in [3.63, 3.8) is 0 Å². The number of rotatable bonds is 12. The normalized spacial score (nSPS) is 11.9. The van der Waals surface area contributed by atoms with Crippen LogP contribution < -0.4 is 16.8 Å². The van der Waals surface area contributed by atoms with E-state index in [-0.39, 0.29) is 6.42 Å². The average Bonchev–Trinajstić information content (AvgIpc) is 3.37. The van der Waals surface area contributed by atoms with Crippen LogP contribution in [0.15, 0.2) is 83.4 Å². The lowest BCUT2D eigenvalue weighted by Crippen LogP contribution is -2.29.